The number of carbonyl (C=O) groups excluding carboxylic acids is 1. The summed E-state index contributed by atoms with van der Waals surface area (Å²) in [5.41, 5.74) is 8.86. The first-order valence-electron chi connectivity index (χ1n) is 8.24. The molecular formula is C20H17ClN4O2S. The van der Waals surface area contributed by atoms with E-state index in [1.165, 1.54) is 7.11 Å². The molecule has 0 spiro atoms. The highest BCUT2D eigenvalue weighted by atomic mass is 35.5. The molecule has 4 N–H and O–H groups in total. The summed E-state index contributed by atoms with van der Waals surface area (Å²) in [5, 5.41) is 16.3. The van der Waals surface area contributed by atoms with Crippen LogP contribution in [-0.4, -0.2) is 13.0 Å². The highest BCUT2D eigenvalue weighted by Gasteiger charge is 2.21. The van der Waals surface area contributed by atoms with Gasteiger partial charge in [-0.3, -0.25) is 4.79 Å². The number of hydrogen-bond donors (Lipinski definition) is 3. The summed E-state index contributed by atoms with van der Waals surface area (Å²) in [6.07, 6.45) is 0. The lowest BCUT2D eigenvalue weighted by Gasteiger charge is -2.07. The van der Waals surface area contributed by atoms with E-state index in [4.69, 9.17) is 22.1 Å². The van der Waals surface area contributed by atoms with Crippen molar-refractivity contribution >= 4 is 50.9 Å². The number of ether oxygens (including phenoxy) is 1. The van der Waals surface area contributed by atoms with Gasteiger partial charge in [0.2, 0.25) is 0 Å². The number of rotatable bonds is 5. The van der Waals surface area contributed by atoms with E-state index >= 15 is 0 Å². The van der Waals surface area contributed by atoms with Crippen LogP contribution in [0.5, 0.6) is 5.75 Å². The fraction of sp³-hybridized carbons (Fsp3) is 0.100. The number of carbonyl (C=O) groups is 1. The smallest absolute Gasteiger partial charge is 0.267 e. The van der Waals surface area contributed by atoms with Gasteiger partial charge in [-0.2, -0.15) is 5.26 Å². The molecule has 3 rings (SSSR count). The summed E-state index contributed by atoms with van der Waals surface area (Å²) >= 11 is 7.21. The number of thiophene rings is 1. The monoisotopic (exact) mass is 412 g/mol. The molecule has 0 fully saturated rings. The van der Waals surface area contributed by atoms with Gasteiger partial charge in [-0.1, -0.05) is 29.3 Å². The van der Waals surface area contributed by atoms with Crippen molar-refractivity contribution in [2.75, 3.05) is 23.5 Å². The van der Waals surface area contributed by atoms with Crippen LogP contribution in [0.15, 0.2) is 42.5 Å². The first-order valence-corrected chi connectivity index (χ1v) is 9.43. The number of methoxy groups -OCH3 is 1. The molecule has 6 nitrogen and oxygen atoms in total. The van der Waals surface area contributed by atoms with Crippen LogP contribution in [0.3, 0.4) is 0 Å². The second kappa shape index (κ2) is 8.21. The van der Waals surface area contributed by atoms with Crippen LogP contribution in [0.1, 0.15) is 20.8 Å². The van der Waals surface area contributed by atoms with Crippen molar-refractivity contribution in [3.05, 3.63) is 63.5 Å². The average molecular weight is 413 g/mol. The van der Waals surface area contributed by atoms with E-state index in [2.05, 4.69) is 16.7 Å². The van der Waals surface area contributed by atoms with Crippen LogP contribution in [0.25, 0.3) is 0 Å². The first kappa shape index (κ1) is 19.5. The Morgan fingerprint density at radius 3 is 2.50 bits per heavy atom. The average Bonchev–Trinajstić information content (AvgIpc) is 2.99. The highest BCUT2D eigenvalue weighted by molar-refractivity contribution is 7.19. The van der Waals surface area contributed by atoms with Gasteiger partial charge in [0.25, 0.3) is 5.91 Å². The van der Waals surface area contributed by atoms with Crippen molar-refractivity contribution in [2.45, 2.75) is 6.92 Å². The number of anilines is 4. The molecule has 0 bridgehead atoms. The van der Waals surface area contributed by atoms with Crippen molar-refractivity contribution in [1.29, 1.82) is 5.26 Å². The third-order valence-electron chi connectivity index (χ3n) is 3.98. The van der Waals surface area contributed by atoms with E-state index in [9.17, 15) is 10.1 Å². The third-order valence-corrected chi connectivity index (χ3v) is 5.40. The fourth-order valence-corrected chi connectivity index (χ4v) is 3.76. The van der Waals surface area contributed by atoms with Gasteiger partial charge >= 0.3 is 0 Å². The summed E-state index contributed by atoms with van der Waals surface area (Å²) in [5.74, 6) is 0.0869. The predicted octanol–water partition coefficient (Wildman–Crippen LogP) is 5.17. The summed E-state index contributed by atoms with van der Waals surface area (Å²) in [6, 6.07) is 14.7. The Morgan fingerprint density at radius 2 is 1.89 bits per heavy atom. The predicted molar refractivity (Wildman–Crippen MR) is 114 cm³/mol. The largest absolute Gasteiger partial charge is 0.495 e. The molecule has 0 aliphatic rings. The van der Waals surface area contributed by atoms with Gasteiger partial charge in [0.05, 0.1) is 17.8 Å². The molecule has 142 valence electrons. The SMILES string of the molecule is COc1ccc(NC(=O)c2sc(Nc3ccc(C)cc3)c(C#N)c2N)cc1Cl. The van der Waals surface area contributed by atoms with Crippen molar-refractivity contribution in [3.8, 4) is 11.8 Å². The maximum Gasteiger partial charge on any atom is 0.267 e. The Bertz CT molecular complexity index is 1070. The van der Waals surface area contributed by atoms with E-state index in [-0.39, 0.29) is 16.1 Å². The number of aryl methyl sites for hydroxylation is 1. The third kappa shape index (κ3) is 4.03. The van der Waals surface area contributed by atoms with Crippen molar-refractivity contribution in [1.82, 2.24) is 0 Å². The Labute approximate surface area is 171 Å². The number of nitrogens with one attached hydrogen (secondary N) is 2. The molecule has 28 heavy (non-hydrogen) atoms. The number of nitrogen functional groups attached to an aromatic ring is 1. The number of nitrogens with two attached hydrogens (primary N) is 1. The molecule has 8 heteroatoms. The molecule has 0 unspecified atom stereocenters. The molecule has 0 atom stereocenters. The molecule has 1 heterocycles. The highest BCUT2D eigenvalue weighted by Crippen LogP contribution is 2.37. The Kier molecular flexibility index (Phi) is 5.73. The zero-order chi connectivity index (χ0) is 20.3. The Hall–Kier alpha value is -3.21. The topological polar surface area (TPSA) is 100 Å². The number of hydrogen-bond acceptors (Lipinski definition) is 6. The van der Waals surface area contributed by atoms with Gasteiger partial charge in [-0.25, -0.2) is 0 Å². The van der Waals surface area contributed by atoms with Crippen molar-refractivity contribution < 1.29 is 9.53 Å². The van der Waals surface area contributed by atoms with Gasteiger partial charge in [-0.05, 0) is 37.3 Å². The lowest BCUT2D eigenvalue weighted by atomic mass is 10.2. The van der Waals surface area contributed by atoms with Crippen molar-refractivity contribution in [2.24, 2.45) is 0 Å². The van der Waals surface area contributed by atoms with Gasteiger partial charge in [0, 0.05) is 11.4 Å². The molecule has 0 aliphatic carbocycles. The Morgan fingerprint density at radius 1 is 1.21 bits per heavy atom. The second-order valence-electron chi connectivity index (χ2n) is 5.96. The van der Waals surface area contributed by atoms with Crippen LogP contribution in [0.2, 0.25) is 5.02 Å². The molecule has 0 radical (unpaired) electrons. The van der Waals surface area contributed by atoms with Gasteiger partial charge in [0.15, 0.2) is 0 Å². The lowest BCUT2D eigenvalue weighted by Crippen LogP contribution is -2.12. The van der Waals surface area contributed by atoms with Gasteiger partial charge < -0.3 is 21.1 Å². The molecule has 0 aliphatic heterocycles. The summed E-state index contributed by atoms with van der Waals surface area (Å²) in [4.78, 5) is 12.9. The molecule has 1 amide bonds. The maximum atomic E-state index is 12.7. The molecule has 3 aromatic rings. The molecule has 0 saturated heterocycles. The van der Waals surface area contributed by atoms with Crippen LogP contribution in [0.4, 0.5) is 22.1 Å². The van der Waals surface area contributed by atoms with Crippen LogP contribution >= 0.6 is 22.9 Å². The summed E-state index contributed by atoms with van der Waals surface area (Å²) < 4.78 is 5.10. The number of benzene rings is 2. The summed E-state index contributed by atoms with van der Waals surface area (Å²) in [6.45, 7) is 1.99. The quantitative estimate of drug-likeness (QED) is 0.536. The van der Waals surface area contributed by atoms with E-state index in [1.54, 1.807) is 18.2 Å². The fourth-order valence-electron chi connectivity index (χ4n) is 2.51. The van der Waals surface area contributed by atoms with E-state index in [1.807, 2.05) is 31.2 Å². The summed E-state index contributed by atoms with van der Waals surface area (Å²) in [7, 11) is 1.51. The van der Waals surface area contributed by atoms with Gasteiger partial charge in [0.1, 0.15) is 27.3 Å². The van der Waals surface area contributed by atoms with Crippen LogP contribution in [0, 0.1) is 18.3 Å². The molecule has 0 saturated carbocycles. The maximum absolute atomic E-state index is 12.7. The number of amides is 1. The normalized spacial score (nSPS) is 10.2. The van der Waals surface area contributed by atoms with Crippen molar-refractivity contribution in [3.63, 3.8) is 0 Å². The standard InChI is InChI=1S/C20H17ClN4O2S/c1-11-3-5-12(6-4-11)25-20-14(10-22)17(23)18(28-20)19(26)24-13-7-8-16(27-2)15(21)9-13/h3-9,25H,23H2,1-2H3,(H,24,26). The number of halogens is 1. The first-order chi connectivity index (χ1) is 13.4. The molecular weight excluding hydrogens is 396 g/mol. The van der Waals surface area contributed by atoms with Crippen LogP contribution in [-0.2, 0) is 0 Å². The minimum atomic E-state index is -0.419. The Balaban J connectivity index is 1.86. The van der Waals surface area contributed by atoms with E-state index in [0.29, 0.717) is 21.5 Å². The van der Waals surface area contributed by atoms with Crippen LogP contribution < -0.4 is 21.1 Å². The second-order valence-corrected chi connectivity index (χ2v) is 7.38. The zero-order valence-corrected chi connectivity index (χ0v) is 16.7. The van der Waals surface area contributed by atoms with Gasteiger partial charge in [-0.15, -0.1) is 11.3 Å². The number of nitriles is 1. The van der Waals surface area contributed by atoms with E-state index in [0.717, 1.165) is 22.6 Å². The van der Waals surface area contributed by atoms with E-state index < -0.39 is 5.91 Å². The number of nitrogens with zero attached hydrogens (tertiary/aromatic N) is 1. The lowest BCUT2D eigenvalue weighted by molar-refractivity contribution is 0.103. The molecule has 2 aromatic carbocycles. The minimum absolute atomic E-state index is 0.138. The molecule has 1 aromatic heterocycles. The minimum Gasteiger partial charge on any atom is -0.495 e. The zero-order valence-electron chi connectivity index (χ0n) is 15.2.